The first-order valence-corrected chi connectivity index (χ1v) is 9.03. The first-order valence-electron chi connectivity index (χ1n) is 8.21. The Labute approximate surface area is 165 Å². The Morgan fingerprint density at radius 1 is 1.00 bits per heavy atom. The van der Waals surface area contributed by atoms with Crippen molar-refractivity contribution in [2.45, 2.75) is 6.54 Å². The van der Waals surface area contributed by atoms with E-state index in [-0.39, 0.29) is 11.7 Å². The van der Waals surface area contributed by atoms with Gasteiger partial charge in [-0.15, -0.1) is 0 Å². The third-order valence-corrected chi connectivity index (χ3v) is 5.14. The Kier molecular flexibility index (Phi) is 4.63. The molecular formula is C19H10F3N3O3S. The van der Waals surface area contributed by atoms with E-state index in [9.17, 15) is 27.6 Å². The highest BCUT2D eigenvalue weighted by Gasteiger charge is 2.35. The Hall–Kier alpha value is -3.53. The normalized spacial score (nSPS) is 13.0. The number of nitrogens with zero attached hydrogens (tertiary/aromatic N) is 2. The van der Waals surface area contributed by atoms with Gasteiger partial charge in [-0.2, -0.15) is 0 Å². The van der Waals surface area contributed by atoms with Crippen molar-refractivity contribution < 1.29 is 27.6 Å². The van der Waals surface area contributed by atoms with E-state index < -0.39 is 40.7 Å². The maximum absolute atomic E-state index is 13.7. The number of rotatable bonds is 4. The van der Waals surface area contributed by atoms with Crippen LogP contribution in [0.1, 0.15) is 36.0 Å². The standard InChI is InChI=1S/C19H10F3N3O3S/c20-13-6-5-12(14(21)15(13)22)16(26)24-19-23-7-9(29-19)8-25-17(27)10-3-1-2-4-11(10)18(25)28/h1-7H,8H2,(H,23,24,26). The van der Waals surface area contributed by atoms with E-state index in [0.717, 1.165) is 22.3 Å². The van der Waals surface area contributed by atoms with Gasteiger partial charge < -0.3 is 0 Å². The second-order valence-electron chi connectivity index (χ2n) is 6.05. The molecule has 1 aliphatic rings. The second kappa shape index (κ2) is 7.13. The van der Waals surface area contributed by atoms with E-state index in [1.54, 1.807) is 24.3 Å². The van der Waals surface area contributed by atoms with E-state index in [1.807, 2.05) is 0 Å². The van der Waals surface area contributed by atoms with Crippen molar-refractivity contribution in [3.63, 3.8) is 0 Å². The van der Waals surface area contributed by atoms with Gasteiger partial charge in [-0.1, -0.05) is 23.5 Å². The lowest BCUT2D eigenvalue weighted by Crippen LogP contribution is -2.28. The van der Waals surface area contributed by atoms with Gasteiger partial charge >= 0.3 is 0 Å². The highest BCUT2D eigenvalue weighted by molar-refractivity contribution is 7.15. The quantitative estimate of drug-likeness (QED) is 0.520. The third kappa shape index (κ3) is 3.27. The predicted molar refractivity (Wildman–Crippen MR) is 97.0 cm³/mol. The molecule has 0 bridgehead atoms. The Morgan fingerprint density at radius 2 is 1.66 bits per heavy atom. The van der Waals surface area contributed by atoms with Gasteiger partial charge in [-0.05, 0) is 24.3 Å². The van der Waals surface area contributed by atoms with Crippen LogP contribution in [-0.4, -0.2) is 27.6 Å². The summed E-state index contributed by atoms with van der Waals surface area (Å²) < 4.78 is 40.0. The first-order chi connectivity index (χ1) is 13.9. The number of nitrogens with one attached hydrogen (secondary N) is 1. The lowest BCUT2D eigenvalue weighted by atomic mass is 10.1. The minimum Gasteiger partial charge on any atom is -0.298 e. The molecule has 1 aromatic heterocycles. The predicted octanol–water partition coefficient (Wildman–Crippen LogP) is 3.61. The number of benzene rings is 2. The van der Waals surface area contributed by atoms with Crippen molar-refractivity contribution in [3.8, 4) is 0 Å². The minimum absolute atomic E-state index is 0.0470. The van der Waals surface area contributed by atoms with Gasteiger partial charge in [0, 0.05) is 11.1 Å². The molecule has 3 aromatic rings. The summed E-state index contributed by atoms with van der Waals surface area (Å²) in [7, 11) is 0. The number of thiazole rings is 1. The molecule has 0 atom stereocenters. The van der Waals surface area contributed by atoms with Gasteiger partial charge in [0.05, 0.1) is 23.2 Å². The number of anilines is 1. The number of hydrogen-bond donors (Lipinski definition) is 1. The summed E-state index contributed by atoms with van der Waals surface area (Å²) in [5.74, 6) is -6.64. The van der Waals surface area contributed by atoms with Crippen LogP contribution in [-0.2, 0) is 6.54 Å². The SMILES string of the molecule is O=C(Nc1ncc(CN2C(=O)c3ccccc3C2=O)s1)c1ccc(F)c(F)c1F. The molecule has 29 heavy (non-hydrogen) atoms. The van der Waals surface area contributed by atoms with Crippen molar-refractivity contribution >= 4 is 34.2 Å². The van der Waals surface area contributed by atoms with Gasteiger partial charge in [0.25, 0.3) is 17.7 Å². The summed E-state index contributed by atoms with van der Waals surface area (Å²) in [6, 6.07) is 7.89. The number of carbonyl (C=O) groups is 3. The lowest BCUT2D eigenvalue weighted by molar-refractivity contribution is 0.0643. The topological polar surface area (TPSA) is 79.4 Å². The van der Waals surface area contributed by atoms with Crippen LogP contribution in [0.4, 0.5) is 18.3 Å². The number of aromatic nitrogens is 1. The molecule has 6 nitrogen and oxygen atoms in total. The fourth-order valence-corrected chi connectivity index (χ4v) is 3.64. The molecule has 3 amide bonds. The van der Waals surface area contributed by atoms with E-state index in [1.165, 1.54) is 6.20 Å². The van der Waals surface area contributed by atoms with E-state index >= 15 is 0 Å². The highest BCUT2D eigenvalue weighted by Crippen LogP contribution is 2.27. The van der Waals surface area contributed by atoms with E-state index in [4.69, 9.17) is 0 Å². The minimum atomic E-state index is -1.75. The van der Waals surface area contributed by atoms with Gasteiger partial charge in [-0.3, -0.25) is 24.6 Å². The average molecular weight is 417 g/mol. The van der Waals surface area contributed by atoms with Gasteiger partial charge in [0.15, 0.2) is 22.6 Å². The molecule has 10 heteroatoms. The summed E-state index contributed by atoms with van der Waals surface area (Å²) in [5.41, 5.74) is -0.0605. The molecule has 0 saturated carbocycles. The highest BCUT2D eigenvalue weighted by atomic mass is 32.1. The van der Waals surface area contributed by atoms with Crippen LogP contribution in [0.5, 0.6) is 0 Å². The van der Waals surface area contributed by atoms with Gasteiger partial charge in [0.1, 0.15) is 0 Å². The summed E-state index contributed by atoms with van der Waals surface area (Å²) in [4.78, 5) is 42.4. The summed E-state index contributed by atoms with van der Waals surface area (Å²) in [5, 5.41) is 2.33. The van der Waals surface area contributed by atoms with Crippen LogP contribution < -0.4 is 5.32 Å². The van der Waals surface area contributed by atoms with Gasteiger partial charge in [0.2, 0.25) is 0 Å². The fourth-order valence-electron chi connectivity index (χ4n) is 2.84. The summed E-state index contributed by atoms with van der Waals surface area (Å²) in [6.07, 6.45) is 1.35. The van der Waals surface area contributed by atoms with E-state index in [2.05, 4.69) is 10.3 Å². The molecule has 1 N–H and O–H groups in total. The molecule has 0 saturated heterocycles. The smallest absolute Gasteiger partial charge is 0.261 e. The van der Waals surface area contributed by atoms with Crippen LogP contribution in [0.15, 0.2) is 42.6 Å². The Bertz CT molecular complexity index is 1140. The molecule has 1 aliphatic heterocycles. The monoisotopic (exact) mass is 417 g/mol. The number of carbonyl (C=O) groups excluding carboxylic acids is 3. The van der Waals surface area contributed by atoms with Crippen molar-refractivity contribution in [1.29, 1.82) is 0 Å². The number of amides is 3. The largest absolute Gasteiger partial charge is 0.298 e. The maximum Gasteiger partial charge on any atom is 0.261 e. The first kappa shape index (κ1) is 18.8. The molecule has 2 aromatic carbocycles. The van der Waals surface area contributed by atoms with Crippen LogP contribution >= 0.6 is 11.3 Å². The average Bonchev–Trinajstić information content (AvgIpc) is 3.24. The molecule has 0 radical (unpaired) electrons. The second-order valence-corrected chi connectivity index (χ2v) is 7.17. The number of halogens is 3. The number of imide groups is 1. The third-order valence-electron chi connectivity index (χ3n) is 4.25. The maximum atomic E-state index is 13.7. The molecule has 146 valence electrons. The fraction of sp³-hybridized carbons (Fsp3) is 0.0526. The molecule has 2 heterocycles. The van der Waals surface area contributed by atoms with E-state index in [0.29, 0.717) is 22.1 Å². The van der Waals surface area contributed by atoms with Crippen LogP contribution in [0, 0.1) is 17.5 Å². The van der Waals surface area contributed by atoms with Crippen LogP contribution in [0.2, 0.25) is 0 Å². The van der Waals surface area contributed by atoms with Crippen molar-refractivity contribution in [1.82, 2.24) is 9.88 Å². The molecule has 0 aliphatic carbocycles. The summed E-state index contributed by atoms with van der Waals surface area (Å²) >= 11 is 0.959. The molecular weight excluding hydrogens is 407 g/mol. The van der Waals surface area contributed by atoms with Crippen LogP contribution in [0.25, 0.3) is 0 Å². The Morgan fingerprint density at radius 3 is 2.31 bits per heavy atom. The Balaban J connectivity index is 1.49. The van der Waals surface area contributed by atoms with Crippen molar-refractivity contribution in [3.05, 3.63) is 81.6 Å². The number of fused-ring (bicyclic) bond motifs is 1. The zero-order valence-corrected chi connectivity index (χ0v) is 15.2. The van der Waals surface area contributed by atoms with Gasteiger partial charge in [-0.25, -0.2) is 18.2 Å². The zero-order valence-electron chi connectivity index (χ0n) is 14.4. The zero-order chi connectivity index (χ0) is 20.7. The number of hydrogen-bond acceptors (Lipinski definition) is 5. The van der Waals surface area contributed by atoms with Crippen LogP contribution in [0.3, 0.4) is 0 Å². The molecule has 0 spiro atoms. The lowest BCUT2D eigenvalue weighted by Gasteiger charge is -2.11. The van der Waals surface area contributed by atoms with Crippen molar-refractivity contribution in [2.24, 2.45) is 0 Å². The molecule has 4 rings (SSSR count). The summed E-state index contributed by atoms with van der Waals surface area (Å²) in [6.45, 7) is -0.0561. The molecule has 0 fully saturated rings. The van der Waals surface area contributed by atoms with Crippen molar-refractivity contribution in [2.75, 3.05) is 5.32 Å². The molecule has 0 unspecified atom stereocenters.